The van der Waals surface area contributed by atoms with E-state index in [9.17, 15) is 4.39 Å². The van der Waals surface area contributed by atoms with Crippen LogP contribution >= 0.6 is 43.5 Å². The Morgan fingerprint density at radius 2 is 1.81 bits per heavy atom. The molecule has 2 aromatic carbocycles. The summed E-state index contributed by atoms with van der Waals surface area (Å²) in [4.78, 5) is 0. The first-order valence-electron chi connectivity index (χ1n) is 6.28. The molecule has 0 radical (unpaired) electrons. The van der Waals surface area contributed by atoms with Gasteiger partial charge in [-0.05, 0) is 54.8 Å². The molecule has 1 nitrogen and oxygen atoms in total. The molecule has 2 rings (SSSR count). The van der Waals surface area contributed by atoms with Crippen LogP contribution in [0.5, 0.6) is 5.75 Å². The number of methoxy groups -OCH3 is 1. The van der Waals surface area contributed by atoms with E-state index in [1.165, 1.54) is 12.1 Å². The average molecular weight is 437 g/mol. The Labute approximate surface area is 145 Å². The number of benzene rings is 2. The van der Waals surface area contributed by atoms with Gasteiger partial charge in [0.1, 0.15) is 11.6 Å². The van der Waals surface area contributed by atoms with E-state index in [1.54, 1.807) is 7.11 Å². The molecule has 0 aromatic heterocycles. The van der Waals surface area contributed by atoms with Gasteiger partial charge in [-0.2, -0.15) is 0 Å². The standard InChI is InChI=1S/C16H14Br2ClFO/c1-8-4-13(18)9(2)14(16(8)21-3)15(19)10-5-11(17)7-12(20)6-10/h4-7,15H,1-3H3. The number of aryl methyl sites for hydroxylation is 1. The Morgan fingerprint density at radius 3 is 2.38 bits per heavy atom. The molecule has 0 N–H and O–H groups in total. The molecule has 2 aromatic rings. The van der Waals surface area contributed by atoms with Crippen molar-refractivity contribution in [2.24, 2.45) is 0 Å². The third-order valence-electron chi connectivity index (χ3n) is 3.34. The summed E-state index contributed by atoms with van der Waals surface area (Å²) in [6, 6.07) is 6.65. The Balaban J connectivity index is 2.64. The molecule has 21 heavy (non-hydrogen) atoms. The monoisotopic (exact) mass is 434 g/mol. The highest BCUT2D eigenvalue weighted by molar-refractivity contribution is 9.10. The second kappa shape index (κ2) is 6.67. The molecule has 0 aliphatic carbocycles. The Hall–Kier alpha value is -0.580. The van der Waals surface area contributed by atoms with Crippen molar-refractivity contribution in [1.82, 2.24) is 0 Å². The van der Waals surface area contributed by atoms with Crippen LogP contribution in [0.3, 0.4) is 0 Å². The summed E-state index contributed by atoms with van der Waals surface area (Å²) in [6.07, 6.45) is 0. The molecule has 0 bridgehead atoms. The molecule has 0 fully saturated rings. The van der Waals surface area contributed by atoms with E-state index in [-0.39, 0.29) is 5.82 Å². The first-order chi connectivity index (χ1) is 9.85. The normalized spacial score (nSPS) is 12.3. The molecule has 0 heterocycles. The second-order valence-electron chi connectivity index (χ2n) is 4.81. The van der Waals surface area contributed by atoms with E-state index < -0.39 is 5.38 Å². The van der Waals surface area contributed by atoms with Gasteiger partial charge in [0, 0.05) is 14.5 Å². The molecule has 5 heteroatoms. The lowest BCUT2D eigenvalue weighted by molar-refractivity contribution is 0.406. The van der Waals surface area contributed by atoms with E-state index in [0.717, 1.165) is 26.9 Å². The number of halogens is 4. The minimum absolute atomic E-state index is 0.326. The number of rotatable bonds is 3. The molecule has 0 saturated carbocycles. The highest BCUT2D eigenvalue weighted by Gasteiger charge is 2.22. The van der Waals surface area contributed by atoms with Crippen molar-refractivity contribution in [3.05, 3.63) is 61.3 Å². The van der Waals surface area contributed by atoms with Crippen molar-refractivity contribution in [3.8, 4) is 5.75 Å². The van der Waals surface area contributed by atoms with Crippen LogP contribution in [0.25, 0.3) is 0 Å². The second-order valence-corrected chi connectivity index (χ2v) is 7.02. The number of ether oxygens (including phenoxy) is 1. The zero-order valence-electron chi connectivity index (χ0n) is 11.8. The van der Waals surface area contributed by atoms with Gasteiger partial charge in [0.25, 0.3) is 0 Å². The lowest BCUT2D eigenvalue weighted by Crippen LogP contribution is -2.03. The lowest BCUT2D eigenvalue weighted by Gasteiger charge is -2.20. The Morgan fingerprint density at radius 1 is 1.14 bits per heavy atom. The van der Waals surface area contributed by atoms with E-state index in [2.05, 4.69) is 31.9 Å². The van der Waals surface area contributed by atoms with E-state index in [4.69, 9.17) is 16.3 Å². The molecule has 0 amide bonds. The number of hydrogen-bond donors (Lipinski definition) is 0. The van der Waals surface area contributed by atoms with Crippen LogP contribution < -0.4 is 4.74 Å². The van der Waals surface area contributed by atoms with Crippen molar-refractivity contribution in [2.45, 2.75) is 19.2 Å². The van der Waals surface area contributed by atoms with Crippen LogP contribution in [0.4, 0.5) is 4.39 Å². The molecule has 1 unspecified atom stereocenters. The fraction of sp³-hybridized carbons (Fsp3) is 0.250. The molecule has 0 aliphatic heterocycles. The van der Waals surface area contributed by atoms with Crippen molar-refractivity contribution in [2.75, 3.05) is 7.11 Å². The van der Waals surface area contributed by atoms with Gasteiger partial charge in [0.2, 0.25) is 0 Å². The topological polar surface area (TPSA) is 9.23 Å². The molecule has 0 saturated heterocycles. The number of alkyl halides is 1. The number of hydrogen-bond acceptors (Lipinski definition) is 1. The quantitative estimate of drug-likeness (QED) is 0.513. The maximum absolute atomic E-state index is 13.6. The van der Waals surface area contributed by atoms with E-state index >= 15 is 0 Å². The summed E-state index contributed by atoms with van der Waals surface area (Å²) >= 11 is 13.5. The molecule has 112 valence electrons. The molecular weight excluding hydrogens is 422 g/mol. The van der Waals surface area contributed by atoms with Crippen LogP contribution in [0.15, 0.2) is 33.2 Å². The van der Waals surface area contributed by atoms with Gasteiger partial charge in [0.15, 0.2) is 0 Å². The van der Waals surface area contributed by atoms with Gasteiger partial charge in [-0.15, -0.1) is 11.6 Å². The van der Waals surface area contributed by atoms with Crippen LogP contribution in [0.1, 0.15) is 27.6 Å². The molecule has 0 spiro atoms. The van der Waals surface area contributed by atoms with Gasteiger partial charge in [-0.3, -0.25) is 0 Å². The summed E-state index contributed by atoms with van der Waals surface area (Å²) < 4.78 is 20.7. The lowest BCUT2D eigenvalue weighted by atomic mass is 9.96. The first kappa shape index (κ1) is 16.8. The van der Waals surface area contributed by atoms with Gasteiger partial charge in [-0.25, -0.2) is 4.39 Å². The first-order valence-corrected chi connectivity index (χ1v) is 8.31. The van der Waals surface area contributed by atoms with Crippen molar-refractivity contribution < 1.29 is 9.13 Å². The van der Waals surface area contributed by atoms with Crippen molar-refractivity contribution in [3.63, 3.8) is 0 Å². The Kier molecular flexibility index (Phi) is 5.33. The highest BCUT2D eigenvalue weighted by Crippen LogP contribution is 2.42. The summed E-state index contributed by atoms with van der Waals surface area (Å²) in [5.74, 6) is 0.407. The maximum atomic E-state index is 13.6. The van der Waals surface area contributed by atoms with Gasteiger partial charge in [-0.1, -0.05) is 31.9 Å². The van der Waals surface area contributed by atoms with Crippen molar-refractivity contribution >= 4 is 43.5 Å². The van der Waals surface area contributed by atoms with Crippen LogP contribution in [0.2, 0.25) is 0 Å². The summed E-state index contributed by atoms with van der Waals surface area (Å²) in [5, 5.41) is -0.497. The predicted octanol–water partition coefficient (Wildman–Crippen LogP) is 6.30. The summed E-state index contributed by atoms with van der Waals surface area (Å²) in [5.41, 5.74) is 3.50. The average Bonchev–Trinajstić information content (AvgIpc) is 2.40. The third kappa shape index (κ3) is 3.43. The van der Waals surface area contributed by atoms with Crippen LogP contribution in [-0.2, 0) is 0 Å². The van der Waals surface area contributed by atoms with Crippen molar-refractivity contribution in [1.29, 1.82) is 0 Å². The third-order valence-corrected chi connectivity index (χ3v) is 5.10. The molecule has 0 aliphatic rings. The fourth-order valence-corrected chi connectivity index (χ4v) is 3.77. The predicted molar refractivity (Wildman–Crippen MR) is 92.0 cm³/mol. The van der Waals surface area contributed by atoms with E-state index in [0.29, 0.717) is 10.0 Å². The van der Waals surface area contributed by atoms with Gasteiger partial charge < -0.3 is 4.74 Å². The zero-order valence-corrected chi connectivity index (χ0v) is 15.7. The smallest absolute Gasteiger partial charge is 0.127 e. The minimum atomic E-state index is -0.497. The molecule has 1 atom stereocenters. The zero-order chi connectivity index (χ0) is 15.7. The summed E-state index contributed by atoms with van der Waals surface area (Å²) in [6.45, 7) is 3.92. The van der Waals surface area contributed by atoms with E-state index in [1.807, 2.05) is 26.0 Å². The maximum Gasteiger partial charge on any atom is 0.127 e. The highest BCUT2D eigenvalue weighted by atomic mass is 79.9. The minimum Gasteiger partial charge on any atom is -0.496 e. The Bertz CT molecular complexity index is 668. The SMILES string of the molecule is COc1c(C)cc(Br)c(C)c1C(Cl)c1cc(F)cc(Br)c1. The van der Waals surface area contributed by atoms with Crippen LogP contribution in [-0.4, -0.2) is 7.11 Å². The van der Waals surface area contributed by atoms with Gasteiger partial charge >= 0.3 is 0 Å². The summed E-state index contributed by atoms with van der Waals surface area (Å²) in [7, 11) is 1.62. The largest absolute Gasteiger partial charge is 0.496 e. The molecular formula is C16H14Br2ClFO. The van der Waals surface area contributed by atoms with Gasteiger partial charge in [0.05, 0.1) is 12.5 Å². The fourth-order valence-electron chi connectivity index (χ4n) is 2.34. The van der Waals surface area contributed by atoms with Crippen LogP contribution in [0, 0.1) is 19.7 Å².